The van der Waals surface area contributed by atoms with Gasteiger partial charge in [-0.15, -0.1) is 0 Å². The molecular formula is C20H22N4. The maximum atomic E-state index is 4.80. The summed E-state index contributed by atoms with van der Waals surface area (Å²) in [4.78, 5) is 11.7. The SMILES string of the molecule is c1cncc(-c2ccc3c([C@H]4CCCN4CC4CC4)ncn3c2)c1. The molecule has 0 spiro atoms. The van der Waals surface area contributed by atoms with Crippen molar-refractivity contribution in [2.24, 2.45) is 5.92 Å². The van der Waals surface area contributed by atoms with Crippen LogP contribution in [0.15, 0.2) is 49.2 Å². The molecule has 4 heteroatoms. The van der Waals surface area contributed by atoms with Crippen molar-refractivity contribution < 1.29 is 0 Å². The first kappa shape index (κ1) is 14.2. The molecule has 24 heavy (non-hydrogen) atoms. The van der Waals surface area contributed by atoms with Gasteiger partial charge in [0.2, 0.25) is 0 Å². The average molecular weight is 318 g/mol. The van der Waals surface area contributed by atoms with Crippen molar-refractivity contribution in [3.63, 3.8) is 0 Å². The quantitative estimate of drug-likeness (QED) is 0.730. The van der Waals surface area contributed by atoms with Crippen LogP contribution in [0.1, 0.15) is 37.4 Å². The maximum absolute atomic E-state index is 4.80. The first-order valence-electron chi connectivity index (χ1n) is 8.99. The molecule has 3 aromatic rings. The van der Waals surface area contributed by atoms with Crippen molar-refractivity contribution in [1.29, 1.82) is 0 Å². The molecule has 0 bridgehead atoms. The lowest BCUT2D eigenvalue weighted by atomic mass is 10.1. The van der Waals surface area contributed by atoms with E-state index in [0.717, 1.165) is 11.5 Å². The third kappa shape index (κ3) is 2.51. The third-order valence-corrected chi connectivity index (χ3v) is 5.42. The second kappa shape index (κ2) is 5.71. The number of hydrogen-bond acceptors (Lipinski definition) is 3. The predicted molar refractivity (Wildman–Crippen MR) is 94.7 cm³/mol. The highest BCUT2D eigenvalue weighted by atomic mass is 15.2. The minimum atomic E-state index is 0.500. The Labute approximate surface area is 142 Å². The molecule has 1 aliphatic carbocycles. The van der Waals surface area contributed by atoms with Crippen molar-refractivity contribution in [3.05, 3.63) is 54.9 Å². The number of pyridine rings is 2. The lowest BCUT2D eigenvalue weighted by Gasteiger charge is -2.23. The smallest absolute Gasteiger partial charge is 0.0996 e. The minimum Gasteiger partial charge on any atom is -0.305 e. The van der Waals surface area contributed by atoms with E-state index >= 15 is 0 Å². The zero-order chi connectivity index (χ0) is 15.9. The van der Waals surface area contributed by atoms with Gasteiger partial charge >= 0.3 is 0 Å². The zero-order valence-electron chi connectivity index (χ0n) is 13.8. The van der Waals surface area contributed by atoms with E-state index in [4.69, 9.17) is 4.98 Å². The van der Waals surface area contributed by atoms with E-state index in [1.54, 1.807) is 0 Å². The Morgan fingerprint density at radius 3 is 2.88 bits per heavy atom. The number of fused-ring (bicyclic) bond motifs is 1. The van der Waals surface area contributed by atoms with Gasteiger partial charge in [-0.2, -0.15) is 0 Å². The molecule has 1 atom stereocenters. The number of nitrogens with zero attached hydrogens (tertiary/aromatic N) is 4. The Morgan fingerprint density at radius 2 is 2.04 bits per heavy atom. The van der Waals surface area contributed by atoms with Crippen LogP contribution in [0.4, 0.5) is 0 Å². The third-order valence-electron chi connectivity index (χ3n) is 5.42. The summed E-state index contributed by atoms with van der Waals surface area (Å²) in [6.07, 6.45) is 13.2. The summed E-state index contributed by atoms with van der Waals surface area (Å²) in [6, 6.07) is 8.99. The monoisotopic (exact) mass is 318 g/mol. The van der Waals surface area contributed by atoms with Gasteiger partial charge < -0.3 is 4.40 Å². The minimum absolute atomic E-state index is 0.500. The van der Waals surface area contributed by atoms with Gasteiger partial charge in [-0.1, -0.05) is 12.1 Å². The summed E-state index contributed by atoms with van der Waals surface area (Å²) in [5, 5.41) is 0. The normalized spacial score (nSPS) is 21.6. The molecule has 4 nitrogen and oxygen atoms in total. The molecule has 1 aliphatic heterocycles. The fourth-order valence-corrected chi connectivity index (χ4v) is 3.97. The molecule has 2 fully saturated rings. The van der Waals surface area contributed by atoms with Crippen LogP contribution in [0.3, 0.4) is 0 Å². The highest BCUT2D eigenvalue weighted by Gasteiger charge is 2.33. The molecule has 5 rings (SSSR count). The fourth-order valence-electron chi connectivity index (χ4n) is 3.97. The van der Waals surface area contributed by atoms with E-state index in [9.17, 15) is 0 Å². The lowest BCUT2D eigenvalue weighted by Crippen LogP contribution is -2.25. The van der Waals surface area contributed by atoms with Gasteiger partial charge in [0.25, 0.3) is 0 Å². The molecule has 0 unspecified atom stereocenters. The molecule has 122 valence electrons. The molecule has 0 amide bonds. The maximum Gasteiger partial charge on any atom is 0.0996 e. The average Bonchev–Trinajstić information content (AvgIpc) is 3.16. The van der Waals surface area contributed by atoms with Gasteiger partial charge in [0.15, 0.2) is 0 Å². The van der Waals surface area contributed by atoms with Crippen molar-refractivity contribution in [2.45, 2.75) is 31.7 Å². The fraction of sp³-hybridized carbons (Fsp3) is 0.400. The molecule has 1 saturated carbocycles. The number of imidazole rings is 1. The highest BCUT2D eigenvalue weighted by molar-refractivity contribution is 5.66. The van der Waals surface area contributed by atoms with Crippen LogP contribution in [0.2, 0.25) is 0 Å². The van der Waals surface area contributed by atoms with E-state index in [1.807, 2.05) is 24.8 Å². The molecule has 0 radical (unpaired) electrons. The molecule has 3 aromatic heterocycles. The van der Waals surface area contributed by atoms with E-state index < -0.39 is 0 Å². The van der Waals surface area contributed by atoms with Gasteiger partial charge in [0.1, 0.15) is 0 Å². The van der Waals surface area contributed by atoms with Crippen LogP contribution in [0.25, 0.3) is 16.6 Å². The molecule has 0 N–H and O–H groups in total. The van der Waals surface area contributed by atoms with Gasteiger partial charge in [0.05, 0.1) is 23.6 Å². The number of hydrogen-bond donors (Lipinski definition) is 0. The van der Waals surface area contributed by atoms with Crippen molar-refractivity contribution >= 4 is 5.52 Å². The molecule has 4 heterocycles. The Kier molecular flexibility index (Phi) is 3.37. The highest BCUT2D eigenvalue weighted by Crippen LogP contribution is 2.38. The Hall–Kier alpha value is -2.20. The van der Waals surface area contributed by atoms with Crippen molar-refractivity contribution in [3.8, 4) is 11.1 Å². The molecule has 1 saturated heterocycles. The molecule has 2 aliphatic rings. The summed E-state index contributed by atoms with van der Waals surface area (Å²) in [7, 11) is 0. The van der Waals surface area contributed by atoms with Crippen LogP contribution in [0.5, 0.6) is 0 Å². The van der Waals surface area contributed by atoms with Gasteiger partial charge in [-0.05, 0) is 55.8 Å². The van der Waals surface area contributed by atoms with Crippen LogP contribution < -0.4 is 0 Å². The van der Waals surface area contributed by atoms with E-state index in [0.29, 0.717) is 6.04 Å². The Balaban J connectivity index is 1.49. The number of likely N-dealkylation sites (tertiary alicyclic amines) is 1. The lowest BCUT2D eigenvalue weighted by molar-refractivity contribution is 0.244. The summed E-state index contributed by atoms with van der Waals surface area (Å²) in [5.41, 5.74) is 4.83. The zero-order valence-corrected chi connectivity index (χ0v) is 13.8. The summed E-state index contributed by atoms with van der Waals surface area (Å²) < 4.78 is 2.17. The van der Waals surface area contributed by atoms with E-state index in [1.165, 1.54) is 55.5 Å². The van der Waals surface area contributed by atoms with Gasteiger partial charge in [-0.25, -0.2) is 4.98 Å². The first-order valence-corrected chi connectivity index (χ1v) is 8.99. The van der Waals surface area contributed by atoms with Crippen LogP contribution in [-0.4, -0.2) is 32.4 Å². The van der Waals surface area contributed by atoms with Crippen molar-refractivity contribution in [2.75, 3.05) is 13.1 Å². The van der Waals surface area contributed by atoms with E-state index in [2.05, 4.69) is 38.7 Å². The van der Waals surface area contributed by atoms with Crippen LogP contribution in [0, 0.1) is 5.92 Å². The second-order valence-corrected chi connectivity index (χ2v) is 7.18. The van der Waals surface area contributed by atoms with Gasteiger partial charge in [-0.3, -0.25) is 9.88 Å². The van der Waals surface area contributed by atoms with Crippen LogP contribution in [-0.2, 0) is 0 Å². The van der Waals surface area contributed by atoms with E-state index in [-0.39, 0.29) is 0 Å². The number of rotatable bonds is 4. The summed E-state index contributed by atoms with van der Waals surface area (Å²) >= 11 is 0. The van der Waals surface area contributed by atoms with Gasteiger partial charge in [0, 0.05) is 30.7 Å². The van der Waals surface area contributed by atoms with Crippen LogP contribution >= 0.6 is 0 Å². The Bertz CT molecular complexity index is 850. The Morgan fingerprint density at radius 1 is 1.08 bits per heavy atom. The molecule has 0 aromatic carbocycles. The largest absolute Gasteiger partial charge is 0.305 e. The first-order chi connectivity index (χ1) is 11.9. The predicted octanol–water partition coefficient (Wildman–Crippen LogP) is 3.94. The topological polar surface area (TPSA) is 33.4 Å². The summed E-state index contributed by atoms with van der Waals surface area (Å²) in [6.45, 7) is 2.49. The van der Waals surface area contributed by atoms with Crippen molar-refractivity contribution in [1.82, 2.24) is 19.3 Å². The number of aromatic nitrogens is 3. The second-order valence-electron chi connectivity index (χ2n) is 7.18. The summed E-state index contributed by atoms with van der Waals surface area (Å²) in [5.74, 6) is 0.941. The standard InChI is InChI=1S/C20H22N4/c1-3-16(11-21-9-1)17-7-8-19-20(22-14-24(19)13-17)18-4-2-10-23(18)12-15-5-6-15/h1,3,7-9,11,13-15,18H,2,4-6,10,12H2/t18-/m1/s1. The molecular weight excluding hydrogens is 296 g/mol.